The Balaban J connectivity index is 1.65. The Labute approximate surface area is 223 Å². The predicted molar refractivity (Wildman–Crippen MR) is 147 cm³/mol. The smallest absolute Gasteiger partial charge is 0.304 e. The van der Waals surface area contributed by atoms with E-state index in [9.17, 15) is 9.90 Å². The fourth-order valence-corrected chi connectivity index (χ4v) is 5.15. The molecule has 38 heavy (non-hydrogen) atoms. The van der Waals surface area contributed by atoms with Crippen molar-refractivity contribution < 1.29 is 28.5 Å². The molecule has 0 heterocycles. The number of carboxylic acids is 1. The zero-order valence-electron chi connectivity index (χ0n) is 22.4. The summed E-state index contributed by atoms with van der Waals surface area (Å²) in [4.78, 5) is 11.3. The largest absolute Gasteiger partial charge is 0.497 e. The molecule has 1 atom stereocenters. The first-order valence-electron chi connectivity index (χ1n) is 12.8. The van der Waals surface area contributed by atoms with E-state index in [1.54, 1.807) is 26.4 Å². The maximum atomic E-state index is 15.0. The van der Waals surface area contributed by atoms with Gasteiger partial charge in [-0.05, 0) is 82.5 Å². The summed E-state index contributed by atoms with van der Waals surface area (Å²) in [6, 6.07) is 18.3. The van der Waals surface area contributed by atoms with Gasteiger partial charge >= 0.3 is 5.97 Å². The van der Waals surface area contributed by atoms with Crippen molar-refractivity contribution in [3.63, 3.8) is 0 Å². The van der Waals surface area contributed by atoms with Crippen LogP contribution in [-0.4, -0.2) is 31.9 Å². The van der Waals surface area contributed by atoms with Crippen molar-refractivity contribution in [2.75, 3.05) is 20.8 Å². The number of methoxy groups -OCH3 is 2. The van der Waals surface area contributed by atoms with Crippen LogP contribution in [0.4, 0.5) is 4.39 Å². The molecule has 5 nitrogen and oxygen atoms in total. The second-order valence-corrected chi connectivity index (χ2v) is 10.4. The number of carbonyl (C=O) groups is 1. The van der Waals surface area contributed by atoms with E-state index in [2.05, 4.69) is 26.0 Å². The lowest BCUT2D eigenvalue weighted by atomic mass is 9.79. The SMILES string of the molecule is COC[C@@H](CC(=O)O)c1cccc(OCc2ccc(-c3cc(OC)ccc3F)c(C3=CCCC3(C)C)c2)c1. The third-order valence-electron chi connectivity index (χ3n) is 7.21. The van der Waals surface area contributed by atoms with Crippen molar-refractivity contribution in [3.8, 4) is 22.6 Å². The van der Waals surface area contributed by atoms with E-state index >= 15 is 4.39 Å². The minimum atomic E-state index is -0.873. The van der Waals surface area contributed by atoms with Crippen LogP contribution in [0.3, 0.4) is 0 Å². The molecule has 3 aromatic carbocycles. The lowest BCUT2D eigenvalue weighted by Crippen LogP contribution is -2.12. The molecule has 3 aromatic rings. The first-order valence-corrected chi connectivity index (χ1v) is 12.8. The van der Waals surface area contributed by atoms with Gasteiger partial charge < -0.3 is 19.3 Å². The number of halogens is 1. The molecule has 200 valence electrons. The van der Waals surface area contributed by atoms with Gasteiger partial charge in [-0.2, -0.15) is 0 Å². The molecular weight excluding hydrogens is 483 g/mol. The third kappa shape index (κ3) is 6.25. The standard InChI is InChI=1S/C32H35FO5/c1-32(2)14-6-9-29(32)27-15-21(10-12-26(27)28-18-24(37-4)11-13-30(28)33)19-38-25-8-5-7-22(16-25)23(20-36-3)17-31(34)35/h5,7-13,15-16,18,23H,6,14,17,19-20H2,1-4H3,(H,34,35)/t23-/m1/s1. The zero-order chi connectivity index (χ0) is 27.3. The van der Waals surface area contributed by atoms with Gasteiger partial charge in [-0.15, -0.1) is 0 Å². The van der Waals surface area contributed by atoms with Crippen molar-refractivity contribution in [2.24, 2.45) is 5.41 Å². The Morgan fingerprint density at radius 1 is 1.00 bits per heavy atom. The molecule has 0 bridgehead atoms. The van der Waals surface area contributed by atoms with Crippen LogP contribution in [0.15, 0.2) is 66.7 Å². The number of hydrogen-bond donors (Lipinski definition) is 1. The highest BCUT2D eigenvalue weighted by Gasteiger charge is 2.30. The van der Waals surface area contributed by atoms with E-state index in [0.29, 0.717) is 30.3 Å². The molecule has 0 saturated carbocycles. The minimum absolute atomic E-state index is 0.0200. The van der Waals surface area contributed by atoms with Crippen LogP contribution in [-0.2, 0) is 16.1 Å². The van der Waals surface area contributed by atoms with Crippen LogP contribution < -0.4 is 9.47 Å². The average molecular weight is 519 g/mol. The molecule has 0 aliphatic heterocycles. The Kier molecular flexibility index (Phi) is 8.52. The molecule has 0 fully saturated rings. The van der Waals surface area contributed by atoms with Gasteiger partial charge in [-0.3, -0.25) is 4.79 Å². The molecule has 1 aliphatic carbocycles. The van der Waals surface area contributed by atoms with E-state index in [1.807, 2.05) is 36.4 Å². The molecule has 0 radical (unpaired) electrons. The van der Waals surface area contributed by atoms with E-state index < -0.39 is 5.97 Å². The third-order valence-corrected chi connectivity index (χ3v) is 7.21. The number of ether oxygens (including phenoxy) is 3. The summed E-state index contributed by atoms with van der Waals surface area (Å²) in [7, 11) is 3.14. The Bertz CT molecular complexity index is 1330. The number of rotatable bonds is 11. The van der Waals surface area contributed by atoms with Gasteiger partial charge in [0.15, 0.2) is 0 Å². The van der Waals surface area contributed by atoms with Crippen LogP contribution in [0, 0.1) is 11.2 Å². The molecule has 1 aliphatic rings. The van der Waals surface area contributed by atoms with Crippen molar-refractivity contribution in [2.45, 2.75) is 45.6 Å². The Hall–Kier alpha value is -3.64. The lowest BCUT2D eigenvalue weighted by molar-refractivity contribution is -0.137. The highest BCUT2D eigenvalue weighted by molar-refractivity contribution is 5.85. The fourth-order valence-electron chi connectivity index (χ4n) is 5.15. The van der Waals surface area contributed by atoms with Crippen LogP contribution >= 0.6 is 0 Å². The summed E-state index contributed by atoms with van der Waals surface area (Å²) >= 11 is 0. The average Bonchev–Trinajstić information content (AvgIpc) is 3.26. The highest BCUT2D eigenvalue weighted by Crippen LogP contribution is 2.47. The highest BCUT2D eigenvalue weighted by atomic mass is 19.1. The number of hydrogen-bond acceptors (Lipinski definition) is 4. The van der Waals surface area contributed by atoms with Gasteiger partial charge in [0.2, 0.25) is 0 Å². The maximum Gasteiger partial charge on any atom is 0.304 e. The van der Waals surface area contributed by atoms with Gasteiger partial charge in [0, 0.05) is 18.6 Å². The number of benzene rings is 3. The molecular formula is C32H35FO5. The summed E-state index contributed by atoms with van der Waals surface area (Å²) in [6.07, 6.45) is 4.25. The lowest BCUT2D eigenvalue weighted by Gasteiger charge is -2.25. The van der Waals surface area contributed by atoms with E-state index in [4.69, 9.17) is 14.2 Å². The summed E-state index contributed by atoms with van der Waals surface area (Å²) in [6.45, 7) is 5.07. The van der Waals surface area contributed by atoms with E-state index in [-0.39, 0.29) is 23.6 Å². The summed E-state index contributed by atoms with van der Waals surface area (Å²) in [5.41, 5.74) is 5.31. The molecule has 0 aromatic heterocycles. The number of carboxylic acid groups (broad SMARTS) is 1. The molecule has 0 unspecified atom stereocenters. The monoisotopic (exact) mass is 518 g/mol. The Morgan fingerprint density at radius 3 is 2.50 bits per heavy atom. The summed E-state index contributed by atoms with van der Waals surface area (Å²) in [5.74, 6) is -0.173. The molecule has 0 saturated heterocycles. The van der Waals surface area contributed by atoms with Crippen LogP contribution in [0.5, 0.6) is 11.5 Å². The van der Waals surface area contributed by atoms with Crippen molar-refractivity contribution >= 4 is 11.5 Å². The van der Waals surface area contributed by atoms with Crippen molar-refractivity contribution in [3.05, 3.63) is 89.2 Å². The van der Waals surface area contributed by atoms with Gasteiger partial charge in [0.05, 0.1) is 20.1 Å². The predicted octanol–water partition coefficient (Wildman–Crippen LogP) is 7.49. The van der Waals surface area contributed by atoms with E-state index in [1.165, 1.54) is 11.6 Å². The van der Waals surface area contributed by atoms with Gasteiger partial charge in [-0.1, -0.05) is 44.2 Å². The van der Waals surface area contributed by atoms with Crippen molar-refractivity contribution in [1.82, 2.24) is 0 Å². The summed E-state index contributed by atoms with van der Waals surface area (Å²) in [5, 5.41) is 9.28. The number of aliphatic carboxylic acids is 1. The quantitative estimate of drug-likeness (QED) is 0.285. The first kappa shape index (κ1) is 27.4. The maximum absolute atomic E-state index is 15.0. The van der Waals surface area contributed by atoms with Gasteiger partial charge in [-0.25, -0.2) is 4.39 Å². The normalized spacial score (nSPS) is 15.1. The fraction of sp³-hybridized carbons (Fsp3) is 0.344. The molecule has 4 rings (SSSR count). The second kappa shape index (κ2) is 11.8. The van der Waals surface area contributed by atoms with Crippen LogP contribution in [0.1, 0.15) is 55.7 Å². The Morgan fingerprint density at radius 2 is 1.82 bits per heavy atom. The first-order chi connectivity index (χ1) is 18.2. The van der Waals surface area contributed by atoms with Gasteiger partial charge in [0.1, 0.15) is 23.9 Å². The molecule has 0 amide bonds. The molecule has 1 N–H and O–H groups in total. The molecule has 0 spiro atoms. The molecule has 6 heteroatoms. The number of allylic oxidation sites excluding steroid dienone is 2. The minimum Gasteiger partial charge on any atom is -0.497 e. The zero-order valence-corrected chi connectivity index (χ0v) is 22.4. The van der Waals surface area contributed by atoms with Crippen molar-refractivity contribution in [1.29, 1.82) is 0 Å². The van der Waals surface area contributed by atoms with Crippen LogP contribution in [0.2, 0.25) is 0 Å². The van der Waals surface area contributed by atoms with Gasteiger partial charge in [0.25, 0.3) is 0 Å². The topological polar surface area (TPSA) is 65.0 Å². The second-order valence-electron chi connectivity index (χ2n) is 10.4. The van der Waals surface area contributed by atoms with Crippen LogP contribution in [0.25, 0.3) is 16.7 Å². The summed E-state index contributed by atoms with van der Waals surface area (Å²) < 4.78 is 31.8. The van der Waals surface area contributed by atoms with E-state index in [0.717, 1.165) is 35.1 Å².